The van der Waals surface area contributed by atoms with Crippen molar-refractivity contribution in [1.82, 2.24) is 9.97 Å². The van der Waals surface area contributed by atoms with Gasteiger partial charge in [-0.1, -0.05) is 19.1 Å². The summed E-state index contributed by atoms with van der Waals surface area (Å²) in [6.45, 7) is 13.7. The van der Waals surface area contributed by atoms with Crippen LogP contribution < -0.4 is 14.5 Å². The van der Waals surface area contributed by atoms with Gasteiger partial charge in [-0.3, -0.25) is 0 Å². The van der Waals surface area contributed by atoms with E-state index in [-0.39, 0.29) is 17.8 Å². The molecular formula is C24H34N4O2. The Labute approximate surface area is 180 Å². The zero-order valence-electron chi connectivity index (χ0n) is 18.9. The summed E-state index contributed by atoms with van der Waals surface area (Å²) >= 11 is 0. The van der Waals surface area contributed by atoms with Crippen molar-refractivity contribution in [3.05, 3.63) is 41.7 Å². The highest BCUT2D eigenvalue weighted by molar-refractivity contribution is 5.76. The zero-order chi connectivity index (χ0) is 21.7. The van der Waals surface area contributed by atoms with E-state index in [9.17, 15) is 4.79 Å². The second-order valence-corrected chi connectivity index (χ2v) is 8.17. The number of carbonyl (C=O) groups is 1. The Morgan fingerprint density at radius 2 is 1.93 bits per heavy atom. The molecule has 1 saturated heterocycles. The fourth-order valence-electron chi connectivity index (χ4n) is 4.23. The third-order valence-corrected chi connectivity index (χ3v) is 5.88. The molecule has 1 aromatic heterocycles. The van der Waals surface area contributed by atoms with Crippen LogP contribution in [0.4, 0.5) is 11.6 Å². The molecule has 2 atom stereocenters. The van der Waals surface area contributed by atoms with Gasteiger partial charge in [-0.25, -0.2) is 9.97 Å². The number of hydrogen-bond acceptors (Lipinski definition) is 6. The molecule has 1 aliphatic rings. The summed E-state index contributed by atoms with van der Waals surface area (Å²) in [6, 6.07) is 8.17. The van der Waals surface area contributed by atoms with Crippen molar-refractivity contribution >= 4 is 17.4 Å². The Hall–Kier alpha value is -2.63. The molecule has 0 aliphatic carbocycles. The van der Waals surface area contributed by atoms with Crippen LogP contribution in [-0.2, 0) is 4.79 Å². The average Bonchev–Trinajstić information content (AvgIpc) is 3.18. The highest BCUT2D eigenvalue weighted by Crippen LogP contribution is 2.29. The van der Waals surface area contributed by atoms with Gasteiger partial charge in [0.05, 0.1) is 6.54 Å². The Bertz CT molecular complexity index is 849. The van der Waals surface area contributed by atoms with Gasteiger partial charge in [0.2, 0.25) is 0 Å². The number of Topliss-reactive ketones (excluding diaryl/α,β-unsaturated/α-hetero) is 1. The van der Waals surface area contributed by atoms with Crippen molar-refractivity contribution in [3.8, 4) is 5.75 Å². The number of carbonyl (C=O) groups excluding carboxylic acids is 1. The van der Waals surface area contributed by atoms with Crippen molar-refractivity contribution in [1.29, 1.82) is 0 Å². The van der Waals surface area contributed by atoms with Crippen LogP contribution in [0.3, 0.4) is 0 Å². The molecule has 1 aromatic carbocycles. The summed E-state index contributed by atoms with van der Waals surface area (Å²) in [5, 5.41) is 0. The summed E-state index contributed by atoms with van der Waals surface area (Å²) in [7, 11) is 0. The maximum absolute atomic E-state index is 11.3. The number of hydrogen-bond donors (Lipinski definition) is 0. The van der Waals surface area contributed by atoms with Crippen LogP contribution in [0.2, 0.25) is 0 Å². The molecule has 0 bridgehead atoms. The predicted molar refractivity (Wildman–Crippen MR) is 122 cm³/mol. The zero-order valence-corrected chi connectivity index (χ0v) is 18.9. The lowest BCUT2D eigenvalue weighted by Gasteiger charge is -2.25. The minimum absolute atomic E-state index is 0.136. The first-order valence-electron chi connectivity index (χ1n) is 11.0. The fourth-order valence-corrected chi connectivity index (χ4v) is 4.23. The molecule has 0 saturated carbocycles. The van der Waals surface area contributed by atoms with Gasteiger partial charge in [0.15, 0.2) is 0 Å². The molecule has 0 N–H and O–H groups in total. The average molecular weight is 411 g/mol. The van der Waals surface area contributed by atoms with Crippen molar-refractivity contribution in [3.63, 3.8) is 0 Å². The van der Waals surface area contributed by atoms with E-state index >= 15 is 0 Å². The van der Waals surface area contributed by atoms with Crippen LogP contribution in [0, 0.1) is 6.92 Å². The van der Waals surface area contributed by atoms with Gasteiger partial charge in [0.1, 0.15) is 35.6 Å². The van der Waals surface area contributed by atoms with Gasteiger partial charge in [-0.05, 0) is 51.3 Å². The number of aromatic nitrogens is 2. The Morgan fingerprint density at radius 1 is 1.23 bits per heavy atom. The first kappa shape index (κ1) is 22.1. The number of anilines is 2. The predicted octanol–water partition coefficient (Wildman–Crippen LogP) is 4.37. The van der Waals surface area contributed by atoms with Crippen LogP contribution in [0.15, 0.2) is 30.6 Å². The van der Waals surface area contributed by atoms with E-state index in [4.69, 9.17) is 4.74 Å². The van der Waals surface area contributed by atoms with Gasteiger partial charge in [0, 0.05) is 38.0 Å². The quantitative estimate of drug-likeness (QED) is 0.612. The largest absolute Gasteiger partial charge is 0.489 e. The van der Waals surface area contributed by atoms with Crippen LogP contribution in [0.25, 0.3) is 0 Å². The van der Waals surface area contributed by atoms with E-state index in [0.717, 1.165) is 55.5 Å². The van der Waals surface area contributed by atoms with E-state index < -0.39 is 0 Å². The monoisotopic (exact) mass is 410 g/mol. The number of rotatable bonds is 9. The highest BCUT2D eigenvalue weighted by atomic mass is 16.5. The van der Waals surface area contributed by atoms with E-state index in [0.29, 0.717) is 6.42 Å². The molecule has 3 rings (SSSR count). The van der Waals surface area contributed by atoms with Gasteiger partial charge >= 0.3 is 0 Å². The first-order valence-corrected chi connectivity index (χ1v) is 11.0. The Balaban J connectivity index is 1.64. The molecule has 30 heavy (non-hydrogen) atoms. The van der Waals surface area contributed by atoms with E-state index in [2.05, 4.69) is 59.6 Å². The van der Waals surface area contributed by atoms with Crippen LogP contribution >= 0.6 is 0 Å². The number of ketones is 1. The second kappa shape index (κ2) is 9.92. The van der Waals surface area contributed by atoms with Gasteiger partial charge in [-0.2, -0.15) is 0 Å². The fraction of sp³-hybridized carbons (Fsp3) is 0.542. The van der Waals surface area contributed by atoms with Crippen molar-refractivity contribution in [2.75, 3.05) is 36.0 Å². The molecule has 2 heterocycles. The maximum atomic E-state index is 11.3. The van der Waals surface area contributed by atoms with Crippen molar-refractivity contribution < 1.29 is 9.53 Å². The highest BCUT2D eigenvalue weighted by Gasteiger charge is 2.27. The minimum atomic E-state index is 0.136. The number of ether oxygens (including phenoxy) is 1. The van der Waals surface area contributed by atoms with Crippen molar-refractivity contribution in [2.24, 2.45) is 0 Å². The molecule has 1 aliphatic heterocycles. The molecule has 0 unspecified atom stereocenters. The Kier molecular flexibility index (Phi) is 7.29. The molecule has 6 heteroatoms. The summed E-state index contributed by atoms with van der Waals surface area (Å²) in [5.41, 5.74) is 2.30. The lowest BCUT2D eigenvalue weighted by molar-refractivity contribution is -0.117. The normalized spacial score (nSPS) is 17.1. The Morgan fingerprint density at radius 3 is 2.57 bits per heavy atom. The molecular weight excluding hydrogens is 376 g/mol. The molecule has 0 radical (unpaired) electrons. The molecule has 6 nitrogen and oxygen atoms in total. The molecule has 2 aromatic rings. The molecule has 162 valence electrons. The summed E-state index contributed by atoms with van der Waals surface area (Å²) in [6.07, 6.45) is 3.35. The topological polar surface area (TPSA) is 58.6 Å². The number of benzene rings is 1. The smallest absolute Gasteiger partial charge is 0.137 e. The van der Waals surface area contributed by atoms with Crippen LogP contribution in [-0.4, -0.2) is 48.0 Å². The van der Waals surface area contributed by atoms with Crippen LogP contribution in [0.1, 0.15) is 57.6 Å². The molecule has 1 fully saturated rings. The third kappa shape index (κ3) is 5.10. The lowest BCUT2D eigenvalue weighted by atomic mass is 9.96. The standard InChI is InChI=1S/C24H34N4O2/c1-6-27(7-2)23-19(5)24(26-16-25-23)28-13-12-22(15-28)30-21-10-8-20(9-11-21)17(3)14-18(4)29/h8-11,16-17,22H,6-7,12-15H2,1-5H3/t17-,22-/m1/s1. The number of nitrogens with zero attached hydrogens (tertiary/aromatic N) is 4. The maximum Gasteiger partial charge on any atom is 0.137 e. The van der Waals surface area contributed by atoms with Gasteiger partial charge in [-0.15, -0.1) is 0 Å². The van der Waals surface area contributed by atoms with E-state index in [1.165, 1.54) is 5.56 Å². The van der Waals surface area contributed by atoms with Gasteiger partial charge in [0.25, 0.3) is 0 Å². The van der Waals surface area contributed by atoms with Crippen molar-refractivity contribution in [2.45, 2.75) is 59.5 Å². The van der Waals surface area contributed by atoms with E-state index in [1.807, 2.05) is 12.1 Å². The summed E-state index contributed by atoms with van der Waals surface area (Å²) in [4.78, 5) is 25.0. The molecule has 0 amide bonds. The lowest BCUT2D eigenvalue weighted by Crippen LogP contribution is -2.28. The first-order chi connectivity index (χ1) is 14.4. The second-order valence-electron chi connectivity index (χ2n) is 8.17. The van der Waals surface area contributed by atoms with Gasteiger partial charge < -0.3 is 19.3 Å². The minimum Gasteiger partial charge on any atom is -0.489 e. The summed E-state index contributed by atoms with van der Waals surface area (Å²) in [5.74, 6) is 3.36. The van der Waals surface area contributed by atoms with E-state index in [1.54, 1.807) is 13.3 Å². The van der Waals surface area contributed by atoms with Crippen LogP contribution in [0.5, 0.6) is 5.75 Å². The molecule has 0 spiro atoms. The SMILES string of the molecule is CCN(CC)c1ncnc(N2CC[C@@H](Oc3ccc([C@H](C)CC(C)=O)cc3)C2)c1C. The summed E-state index contributed by atoms with van der Waals surface area (Å²) < 4.78 is 6.24. The third-order valence-electron chi connectivity index (χ3n) is 5.88.